The maximum atomic E-state index is 12.5. The summed E-state index contributed by atoms with van der Waals surface area (Å²) < 4.78 is 15.8. The number of Topliss-reactive ketones (excluding diaryl/α,β-unsaturated/α-hetero) is 1. The summed E-state index contributed by atoms with van der Waals surface area (Å²) in [5, 5.41) is 9.65. The second-order valence-corrected chi connectivity index (χ2v) is 5.71. The lowest BCUT2D eigenvalue weighted by Crippen LogP contribution is -2.41. The summed E-state index contributed by atoms with van der Waals surface area (Å²) in [6.45, 7) is 0. The van der Waals surface area contributed by atoms with Crippen molar-refractivity contribution < 1.29 is 28.9 Å². The fraction of sp³-hybridized carbons (Fsp3) is 0.412. The van der Waals surface area contributed by atoms with Crippen LogP contribution in [0.2, 0.25) is 0 Å². The molecule has 1 aliphatic carbocycles. The number of carbonyl (C=O) groups excluding carboxylic acids is 2. The Balaban J connectivity index is 1.70. The number of fused-ring (bicyclic) bond motifs is 1. The minimum absolute atomic E-state index is 0.106. The van der Waals surface area contributed by atoms with Gasteiger partial charge in [0.1, 0.15) is 18.1 Å². The van der Waals surface area contributed by atoms with Crippen LogP contribution in [0.1, 0.15) is 29.6 Å². The molecule has 0 radical (unpaired) electrons. The van der Waals surface area contributed by atoms with E-state index in [1.165, 1.54) is 13.4 Å². The van der Waals surface area contributed by atoms with Gasteiger partial charge in [-0.1, -0.05) is 0 Å². The number of methoxy groups -OCH3 is 1. The van der Waals surface area contributed by atoms with Gasteiger partial charge in [0, 0.05) is 6.42 Å². The summed E-state index contributed by atoms with van der Waals surface area (Å²) in [6.07, 6.45) is 2.28. The highest BCUT2D eigenvalue weighted by molar-refractivity contribution is 5.96. The maximum absolute atomic E-state index is 12.5. The van der Waals surface area contributed by atoms with Gasteiger partial charge >= 0.3 is 5.97 Å². The molecule has 3 unspecified atom stereocenters. The predicted octanol–water partition coefficient (Wildman–Crippen LogP) is 1.82. The zero-order valence-corrected chi connectivity index (χ0v) is 12.7. The van der Waals surface area contributed by atoms with Crippen LogP contribution in [0.5, 0.6) is 5.75 Å². The zero-order chi connectivity index (χ0) is 16.4. The normalized spacial score (nSPS) is 26.6. The highest BCUT2D eigenvalue weighted by Crippen LogP contribution is 2.33. The van der Waals surface area contributed by atoms with Crippen molar-refractivity contribution in [2.45, 2.75) is 31.5 Å². The van der Waals surface area contributed by atoms with Crippen molar-refractivity contribution in [1.29, 1.82) is 0 Å². The van der Waals surface area contributed by atoms with Gasteiger partial charge in [0.05, 0.1) is 24.7 Å². The van der Waals surface area contributed by atoms with Crippen LogP contribution in [0, 0.1) is 5.92 Å². The molecule has 2 aliphatic rings. The van der Waals surface area contributed by atoms with E-state index in [1.807, 2.05) is 0 Å². The van der Waals surface area contributed by atoms with E-state index in [0.29, 0.717) is 30.6 Å². The summed E-state index contributed by atoms with van der Waals surface area (Å²) in [5.74, 6) is -0.224. The van der Waals surface area contributed by atoms with Gasteiger partial charge in [0.25, 0.3) is 0 Å². The molecule has 6 heteroatoms. The lowest BCUT2D eigenvalue weighted by atomic mass is 9.80. The van der Waals surface area contributed by atoms with Crippen molar-refractivity contribution in [2.24, 2.45) is 5.92 Å². The Morgan fingerprint density at radius 2 is 2.00 bits per heavy atom. The smallest absolute Gasteiger partial charge is 0.337 e. The van der Waals surface area contributed by atoms with E-state index in [1.54, 1.807) is 24.3 Å². The first-order valence-electron chi connectivity index (χ1n) is 7.52. The minimum Gasteiger partial charge on any atom is -0.493 e. The summed E-state index contributed by atoms with van der Waals surface area (Å²) in [5.41, 5.74) is 0.404. The summed E-state index contributed by atoms with van der Waals surface area (Å²) in [6, 6.07) is 6.32. The standard InChI is InChI=1S/C17H18O6/c1-21-17(20)10-2-5-12(6-3-10)23-15-9-22-14-8-11(18)4-7-13(14)16(15)19/h2-3,5-6,9,11,13-14,18H,4,7-8H2,1H3. The van der Waals surface area contributed by atoms with E-state index < -0.39 is 12.1 Å². The molecule has 3 rings (SSSR count). The van der Waals surface area contributed by atoms with Gasteiger partial charge < -0.3 is 19.3 Å². The minimum atomic E-state index is -0.434. The van der Waals surface area contributed by atoms with E-state index in [2.05, 4.69) is 4.74 Å². The number of ketones is 1. The number of aliphatic hydroxyl groups excluding tert-OH is 1. The molecule has 1 fully saturated rings. The molecular formula is C17H18O6. The number of hydrogen-bond donors (Lipinski definition) is 1. The van der Waals surface area contributed by atoms with E-state index >= 15 is 0 Å². The third-order valence-corrected chi connectivity index (χ3v) is 4.20. The van der Waals surface area contributed by atoms with Gasteiger partial charge in [-0.25, -0.2) is 4.79 Å². The van der Waals surface area contributed by atoms with Gasteiger partial charge in [-0.2, -0.15) is 0 Å². The van der Waals surface area contributed by atoms with Gasteiger partial charge in [-0.05, 0) is 37.1 Å². The number of aliphatic hydroxyl groups is 1. The Morgan fingerprint density at radius 3 is 2.70 bits per heavy atom. The number of allylic oxidation sites excluding steroid dienone is 1. The lowest BCUT2D eigenvalue weighted by Gasteiger charge is -2.35. The fourth-order valence-corrected chi connectivity index (χ4v) is 2.93. The second kappa shape index (κ2) is 6.42. The van der Waals surface area contributed by atoms with Gasteiger partial charge in [-0.3, -0.25) is 4.79 Å². The Kier molecular flexibility index (Phi) is 4.34. The molecule has 1 N–H and O–H groups in total. The zero-order valence-electron chi connectivity index (χ0n) is 12.7. The number of ether oxygens (including phenoxy) is 3. The van der Waals surface area contributed by atoms with Crippen molar-refractivity contribution in [3.05, 3.63) is 41.9 Å². The van der Waals surface area contributed by atoms with Crippen molar-refractivity contribution in [3.8, 4) is 5.75 Å². The van der Waals surface area contributed by atoms with Crippen molar-refractivity contribution in [1.82, 2.24) is 0 Å². The molecule has 122 valence electrons. The monoisotopic (exact) mass is 318 g/mol. The van der Waals surface area contributed by atoms with Crippen LogP contribution in [0.4, 0.5) is 0 Å². The van der Waals surface area contributed by atoms with Crippen molar-refractivity contribution >= 4 is 11.8 Å². The molecule has 1 saturated carbocycles. The summed E-state index contributed by atoms with van der Waals surface area (Å²) >= 11 is 0. The molecular weight excluding hydrogens is 300 g/mol. The van der Waals surface area contributed by atoms with Crippen LogP contribution >= 0.6 is 0 Å². The average Bonchev–Trinajstić information content (AvgIpc) is 2.57. The number of carbonyl (C=O) groups is 2. The number of rotatable bonds is 3. The van der Waals surface area contributed by atoms with Crippen LogP contribution in [-0.2, 0) is 14.3 Å². The van der Waals surface area contributed by atoms with Crippen molar-refractivity contribution in [3.63, 3.8) is 0 Å². The molecule has 1 aromatic carbocycles. The average molecular weight is 318 g/mol. The second-order valence-electron chi connectivity index (χ2n) is 5.71. The van der Waals surface area contributed by atoms with Crippen molar-refractivity contribution in [2.75, 3.05) is 7.11 Å². The molecule has 3 atom stereocenters. The van der Waals surface area contributed by atoms with Gasteiger partial charge in [0.2, 0.25) is 11.5 Å². The first kappa shape index (κ1) is 15.6. The number of esters is 1. The summed E-state index contributed by atoms with van der Waals surface area (Å²) in [7, 11) is 1.31. The third kappa shape index (κ3) is 3.22. The van der Waals surface area contributed by atoms with E-state index in [9.17, 15) is 14.7 Å². The molecule has 0 aromatic heterocycles. The quantitative estimate of drug-likeness (QED) is 0.856. The highest BCUT2D eigenvalue weighted by atomic mass is 16.5. The highest BCUT2D eigenvalue weighted by Gasteiger charge is 2.40. The van der Waals surface area contributed by atoms with E-state index in [-0.39, 0.29) is 23.6 Å². The molecule has 1 heterocycles. The lowest BCUT2D eigenvalue weighted by molar-refractivity contribution is -0.132. The van der Waals surface area contributed by atoms with E-state index in [4.69, 9.17) is 9.47 Å². The SMILES string of the molecule is COC(=O)c1ccc(OC2=COC3CC(O)CCC3C2=O)cc1. The van der Waals surface area contributed by atoms with E-state index in [0.717, 1.165) is 0 Å². The molecule has 6 nitrogen and oxygen atoms in total. The number of benzene rings is 1. The molecule has 0 bridgehead atoms. The number of hydrogen-bond acceptors (Lipinski definition) is 6. The van der Waals surface area contributed by atoms with Crippen LogP contribution in [-0.4, -0.2) is 36.2 Å². The first-order chi connectivity index (χ1) is 11.1. The van der Waals surface area contributed by atoms with Crippen LogP contribution in [0.15, 0.2) is 36.3 Å². The van der Waals surface area contributed by atoms with Crippen LogP contribution in [0.3, 0.4) is 0 Å². The maximum Gasteiger partial charge on any atom is 0.337 e. The molecule has 1 aromatic rings. The fourth-order valence-electron chi connectivity index (χ4n) is 2.93. The Morgan fingerprint density at radius 1 is 1.26 bits per heavy atom. The Hall–Kier alpha value is -2.34. The molecule has 1 aliphatic heterocycles. The molecule has 0 saturated heterocycles. The summed E-state index contributed by atoms with van der Waals surface area (Å²) in [4.78, 5) is 23.8. The Labute approximate surface area is 133 Å². The van der Waals surface area contributed by atoms with Gasteiger partial charge in [0.15, 0.2) is 0 Å². The molecule has 23 heavy (non-hydrogen) atoms. The Bertz CT molecular complexity index is 633. The van der Waals surface area contributed by atoms with Gasteiger partial charge in [-0.15, -0.1) is 0 Å². The molecule has 0 spiro atoms. The predicted molar refractivity (Wildman–Crippen MR) is 79.7 cm³/mol. The van der Waals surface area contributed by atoms with Crippen LogP contribution in [0.25, 0.3) is 0 Å². The van der Waals surface area contributed by atoms with Crippen LogP contribution < -0.4 is 4.74 Å². The first-order valence-corrected chi connectivity index (χ1v) is 7.52. The topological polar surface area (TPSA) is 82.1 Å². The molecule has 0 amide bonds. The third-order valence-electron chi connectivity index (χ3n) is 4.20. The largest absolute Gasteiger partial charge is 0.493 e.